The molecule has 37 heavy (non-hydrogen) atoms. The Bertz CT molecular complexity index is 1060. The highest BCUT2D eigenvalue weighted by molar-refractivity contribution is 6.07. The highest BCUT2D eigenvalue weighted by atomic mass is 16.5. The molecule has 4 N–H and O–H groups in total. The summed E-state index contributed by atoms with van der Waals surface area (Å²) in [5.41, 5.74) is 4.25. The topological polar surface area (TPSA) is 133 Å². The summed E-state index contributed by atoms with van der Waals surface area (Å²) in [7, 11) is 0. The van der Waals surface area contributed by atoms with Gasteiger partial charge in [-0.2, -0.15) is 10.2 Å². The molecule has 4 rings (SSSR count). The lowest BCUT2D eigenvalue weighted by atomic mass is 9.70. The van der Waals surface area contributed by atoms with Crippen LogP contribution >= 0.6 is 0 Å². The van der Waals surface area contributed by atoms with Gasteiger partial charge >= 0.3 is 6.09 Å². The summed E-state index contributed by atoms with van der Waals surface area (Å²) in [6.45, 7) is 7.39. The Balaban J connectivity index is 1.45. The van der Waals surface area contributed by atoms with Crippen LogP contribution in [0.25, 0.3) is 0 Å². The van der Waals surface area contributed by atoms with Gasteiger partial charge in [0, 0.05) is 36.6 Å². The molecule has 1 aliphatic heterocycles. The molecular formula is C28H40N4O5. The van der Waals surface area contributed by atoms with E-state index in [1.807, 2.05) is 24.3 Å². The van der Waals surface area contributed by atoms with Gasteiger partial charge in [-0.25, -0.2) is 4.79 Å². The molecule has 1 heterocycles. The standard InChI is InChI=1S/C28H40N4O5/c1-18-21-8-10-27(2)23(17-37-26(36)30-13-15-34)28(27,3)11-9-22(21)25(32-31-18)20-6-4-19(5-7-20)16-24(35)29-12-14-33/h4-7,21-23,33-34H,8-17H2,1-3H3,(H,29,35)(H,30,36)/t21?,22?,23-,27+,28-/m1/s1. The summed E-state index contributed by atoms with van der Waals surface area (Å²) in [4.78, 5) is 23.9. The minimum atomic E-state index is -0.471. The van der Waals surface area contributed by atoms with Crippen molar-refractivity contribution in [2.45, 2.75) is 52.9 Å². The quantitative estimate of drug-likeness (QED) is 0.404. The fraction of sp³-hybridized carbons (Fsp3) is 0.643. The molecule has 1 aromatic carbocycles. The predicted molar refractivity (Wildman–Crippen MR) is 141 cm³/mol. The van der Waals surface area contributed by atoms with Crippen LogP contribution in [0.5, 0.6) is 0 Å². The third-order valence-electron chi connectivity index (χ3n) is 9.21. The zero-order chi connectivity index (χ0) is 26.6. The van der Waals surface area contributed by atoms with Crippen LogP contribution in [0.1, 0.15) is 57.6 Å². The van der Waals surface area contributed by atoms with Gasteiger partial charge in [0.2, 0.25) is 5.91 Å². The maximum absolute atomic E-state index is 12.0. The van der Waals surface area contributed by atoms with Crippen molar-refractivity contribution < 1.29 is 24.5 Å². The zero-order valence-corrected chi connectivity index (χ0v) is 22.1. The van der Waals surface area contributed by atoms with Crippen molar-refractivity contribution in [2.75, 3.05) is 32.9 Å². The number of ether oxygens (including phenoxy) is 1. The number of rotatable bonds is 9. The Morgan fingerprint density at radius 3 is 2.24 bits per heavy atom. The van der Waals surface area contributed by atoms with Crippen molar-refractivity contribution in [3.63, 3.8) is 0 Å². The SMILES string of the molecule is CC1=NN=C(c2ccc(CC(=O)NCCO)cc2)C2CC[C@]3(C)[C@H](COC(=O)NCCO)[C@]3(C)CCC12. The van der Waals surface area contributed by atoms with Gasteiger partial charge in [-0.15, -0.1) is 0 Å². The number of aliphatic hydroxyl groups is 2. The highest BCUT2D eigenvalue weighted by Crippen LogP contribution is 2.74. The van der Waals surface area contributed by atoms with Crippen molar-refractivity contribution >= 4 is 23.4 Å². The maximum atomic E-state index is 12.0. The first-order valence-corrected chi connectivity index (χ1v) is 13.3. The normalized spacial score (nSPS) is 30.5. The predicted octanol–water partition coefficient (Wildman–Crippen LogP) is 2.68. The van der Waals surface area contributed by atoms with Crippen LogP contribution in [-0.4, -0.2) is 66.5 Å². The van der Waals surface area contributed by atoms with Gasteiger partial charge in [0.25, 0.3) is 0 Å². The van der Waals surface area contributed by atoms with Gasteiger partial charge in [-0.05, 0) is 54.6 Å². The molecule has 0 spiro atoms. The summed E-state index contributed by atoms with van der Waals surface area (Å²) >= 11 is 0. The van der Waals surface area contributed by atoms with Crippen LogP contribution in [-0.2, 0) is 16.0 Å². The van der Waals surface area contributed by atoms with E-state index in [0.29, 0.717) is 18.4 Å². The van der Waals surface area contributed by atoms with Crippen LogP contribution in [0, 0.1) is 28.6 Å². The molecule has 9 nitrogen and oxygen atoms in total. The minimum Gasteiger partial charge on any atom is -0.449 e. The molecule has 3 aliphatic rings. The number of aliphatic hydroxyl groups excluding tert-OH is 2. The molecule has 0 bridgehead atoms. The fourth-order valence-corrected chi connectivity index (χ4v) is 6.66. The Labute approximate surface area is 218 Å². The fourth-order valence-electron chi connectivity index (χ4n) is 6.66. The zero-order valence-electron chi connectivity index (χ0n) is 22.1. The van der Waals surface area contributed by atoms with Gasteiger partial charge in [0.15, 0.2) is 0 Å². The van der Waals surface area contributed by atoms with E-state index in [-0.39, 0.29) is 55.4 Å². The van der Waals surface area contributed by atoms with Crippen molar-refractivity contribution in [2.24, 2.45) is 38.8 Å². The third kappa shape index (κ3) is 5.57. The van der Waals surface area contributed by atoms with Crippen molar-refractivity contribution in [1.82, 2.24) is 10.6 Å². The number of fused-ring (bicyclic) bond motifs is 2. The van der Waals surface area contributed by atoms with E-state index in [2.05, 4.69) is 41.6 Å². The van der Waals surface area contributed by atoms with Crippen molar-refractivity contribution in [3.8, 4) is 0 Å². The van der Waals surface area contributed by atoms with Gasteiger partial charge in [0.1, 0.15) is 0 Å². The monoisotopic (exact) mass is 512 g/mol. The summed E-state index contributed by atoms with van der Waals surface area (Å²) in [6, 6.07) is 8.00. The Kier molecular flexibility index (Phi) is 8.33. The summed E-state index contributed by atoms with van der Waals surface area (Å²) in [5, 5.41) is 32.2. The van der Waals surface area contributed by atoms with E-state index in [1.54, 1.807) is 0 Å². The molecule has 2 aliphatic carbocycles. The summed E-state index contributed by atoms with van der Waals surface area (Å²) in [6.07, 6.45) is 3.86. The lowest BCUT2D eigenvalue weighted by Crippen LogP contribution is -2.35. The van der Waals surface area contributed by atoms with Crippen LogP contribution in [0.4, 0.5) is 4.79 Å². The van der Waals surface area contributed by atoms with E-state index < -0.39 is 6.09 Å². The minimum absolute atomic E-state index is 0.0705. The van der Waals surface area contributed by atoms with Crippen LogP contribution in [0.2, 0.25) is 0 Å². The summed E-state index contributed by atoms with van der Waals surface area (Å²) < 4.78 is 5.51. The summed E-state index contributed by atoms with van der Waals surface area (Å²) in [5.74, 6) is 0.789. The van der Waals surface area contributed by atoms with Crippen LogP contribution in [0.15, 0.2) is 34.5 Å². The average molecular weight is 513 g/mol. The number of carbonyl (C=O) groups is 2. The number of benzene rings is 1. The molecule has 2 fully saturated rings. The van der Waals surface area contributed by atoms with Crippen molar-refractivity contribution in [1.29, 1.82) is 0 Å². The average Bonchev–Trinajstić information content (AvgIpc) is 3.34. The number of nitrogens with one attached hydrogen (secondary N) is 2. The maximum Gasteiger partial charge on any atom is 0.407 e. The van der Waals surface area contributed by atoms with E-state index in [9.17, 15) is 9.59 Å². The van der Waals surface area contributed by atoms with Crippen LogP contribution in [0.3, 0.4) is 0 Å². The Morgan fingerprint density at radius 2 is 1.59 bits per heavy atom. The third-order valence-corrected chi connectivity index (χ3v) is 9.21. The van der Waals surface area contributed by atoms with E-state index in [0.717, 1.165) is 48.2 Å². The first-order valence-electron chi connectivity index (χ1n) is 13.3. The molecule has 0 radical (unpaired) electrons. The van der Waals surface area contributed by atoms with E-state index in [1.165, 1.54) is 0 Å². The molecule has 1 aromatic rings. The smallest absolute Gasteiger partial charge is 0.407 e. The first kappa shape index (κ1) is 27.3. The molecule has 0 aromatic heterocycles. The second-order valence-corrected chi connectivity index (χ2v) is 11.1. The van der Waals surface area contributed by atoms with Crippen molar-refractivity contribution in [3.05, 3.63) is 35.4 Å². The Morgan fingerprint density at radius 1 is 0.973 bits per heavy atom. The molecule has 9 heteroatoms. The number of amides is 2. The van der Waals surface area contributed by atoms with Gasteiger partial charge < -0.3 is 25.6 Å². The molecule has 2 amide bonds. The van der Waals surface area contributed by atoms with Gasteiger partial charge in [0.05, 0.1) is 32.0 Å². The molecule has 5 atom stereocenters. The largest absolute Gasteiger partial charge is 0.449 e. The molecule has 2 saturated carbocycles. The highest BCUT2D eigenvalue weighted by Gasteiger charge is 2.70. The molecule has 202 valence electrons. The van der Waals surface area contributed by atoms with E-state index in [4.69, 9.17) is 14.9 Å². The molecular weight excluding hydrogens is 472 g/mol. The molecule has 2 unspecified atom stereocenters. The van der Waals surface area contributed by atoms with Gasteiger partial charge in [-0.3, -0.25) is 4.79 Å². The number of carbonyl (C=O) groups excluding carboxylic acids is 2. The first-order chi connectivity index (χ1) is 17.7. The van der Waals surface area contributed by atoms with Crippen LogP contribution < -0.4 is 10.6 Å². The molecule has 0 saturated heterocycles. The number of hydrogen-bond donors (Lipinski definition) is 4. The second kappa shape index (κ2) is 11.3. The number of alkyl carbamates (subject to hydrolysis) is 1. The lowest BCUT2D eigenvalue weighted by Gasteiger charge is -2.35. The Hall–Kier alpha value is -2.78. The number of nitrogens with zero attached hydrogens (tertiary/aromatic N) is 2. The van der Waals surface area contributed by atoms with Gasteiger partial charge in [-0.1, -0.05) is 38.1 Å². The van der Waals surface area contributed by atoms with E-state index >= 15 is 0 Å². The lowest BCUT2D eigenvalue weighted by molar-refractivity contribution is -0.120. The number of hydrogen-bond acceptors (Lipinski definition) is 7. The second-order valence-electron chi connectivity index (χ2n) is 11.1.